The number of hydrogen-bond acceptors (Lipinski definition) is 3. The maximum absolute atomic E-state index is 4.50. The second-order valence-electron chi connectivity index (χ2n) is 6.71. The molecule has 0 aliphatic rings. The van der Waals surface area contributed by atoms with E-state index in [0.29, 0.717) is 12.1 Å². The highest BCUT2D eigenvalue weighted by atomic mass is 15.2. The third-order valence-electron chi connectivity index (χ3n) is 3.72. The lowest BCUT2D eigenvalue weighted by Crippen LogP contribution is -2.39. The summed E-state index contributed by atoms with van der Waals surface area (Å²) in [6.45, 7) is 14.3. The van der Waals surface area contributed by atoms with Crippen molar-refractivity contribution in [2.24, 2.45) is 5.41 Å². The quantitative estimate of drug-likeness (QED) is 0.882. The van der Waals surface area contributed by atoms with E-state index < -0.39 is 0 Å². The molecule has 0 bridgehead atoms. The van der Waals surface area contributed by atoms with Gasteiger partial charge in [0.25, 0.3) is 0 Å². The number of nitrogens with one attached hydrogen (secondary N) is 1. The van der Waals surface area contributed by atoms with Crippen LogP contribution in [0.3, 0.4) is 0 Å². The van der Waals surface area contributed by atoms with Crippen molar-refractivity contribution in [1.82, 2.24) is 10.3 Å². The second kappa shape index (κ2) is 6.38. The fourth-order valence-corrected chi connectivity index (χ4v) is 1.86. The SMILES string of the molecule is CC(C)NCc1ccnc(N(C)C(C)C(C)(C)C)c1. The predicted molar refractivity (Wildman–Crippen MR) is 83.5 cm³/mol. The van der Waals surface area contributed by atoms with Crippen LogP contribution in [0.4, 0.5) is 5.82 Å². The van der Waals surface area contributed by atoms with E-state index in [4.69, 9.17) is 0 Å². The molecule has 0 aliphatic carbocycles. The lowest BCUT2D eigenvalue weighted by atomic mass is 9.87. The summed E-state index contributed by atoms with van der Waals surface area (Å²) in [5.41, 5.74) is 1.52. The Morgan fingerprint density at radius 3 is 2.42 bits per heavy atom. The van der Waals surface area contributed by atoms with Crippen molar-refractivity contribution < 1.29 is 0 Å². The zero-order valence-corrected chi connectivity index (χ0v) is 13.5. The second-order valence-corrected chi connectivity index (χ2v) is 6.71. The zero-order valence-electron chi connectivity index (χ0n) is 13.5. The standard InChI is InChI=1S/C16H29N3/c1-12(2)18-11-14-8-9-17-15(10-14)19(7)13(3)16(4,5)6/h8-10,12-13,18H,11H2,1-7H3. The van der Waals surface area contributed by atoms with Crippen molar-refractivity contribution in [2.75, 3.05) is 11.9 Å². The summed E-state index contributed by atoms with van der Waals surface area (Å²) >= 11 is 0. The molecule has 0 saturated heterocycles. The molecule has 1 aromatic rings. The Hall–Kier alpha value is -1.09. The first-order valence-corrected chi connectivity index (χ1v) is 7.13. The van der Waals surface area contributed by atoms with E-state index in [1.807, 2.05) is 6.20 Å². The van der Waals surface area contributed by atoms with Gasteiger partial charge in [0, 0.05) is 31.9 Å². The average Bonchev–Trinajstić information content (AvgIpc) is 2.33. The molecular formula is C16H29N3. The Kier molecular flexibility index (Phi) is 5.36. The van der Waals surface area contributed by atoms with Crippen LogP contribution in [-0.2, 0) is 6.54 Å². The van der Waals surface area contributed by atoms with Crippen LogP contribution in [-0.4, -0.2) is 24.1 Å². The van der Waals surface area contributed by atoms with Crippen LogP contribution < -0.4 is 10.2 Å². The topological polar surface area (TPSA) is 28.2 Å². The van der Waals surface area contributed by atoms with Gasteiger partial charge in [0.05, 0.1) is 0 Å². The van der Waals surface area contributed by atoms with Crippen molar-refractivity contribution in [3.8, 4) is 0 Å². The highest BCUT2D eigenvalue weighted by Crippen LogP contribution is 2.26. The summed E-state index contributed by atoms with van der Waals surface area (Å²) in [5, 5.41) is 3.44. The largest absolute Gasteiger partial charge is 0.356 e. The molecule has 1 atom stereocenters. The summed E-state index contributed by atoms with van der Waals surface area (Å²) in [7, 11) is 2.12. The molecule has 0 aromatic carbocycles. The van der Waals surface area contributed by atoms with Crippen molar-refractivity contribution in [3.63, 3.8) is 0 Å². The van der Waals surface area contributed by atoms with Gasteiger partial charge in [0.1, 0.15) is 5.82 Å². The third kappa shape index (κ3) is 4.83. The fourth-order valence-electron chi connectivity index (χ4n) is 1.86. The molecule has 0 amide bonds. The van der Waals surface area contributed by atoms with Crippen LogP contribution in [0.25, 0.3) is 0 Å². The van der Waals surface area contributed by atoms with Crippen LogP contribution in [0.2, 0.25) is 0 Å². The Bertz CT molecular complexity index is 393. The molecule has 0 saturated carbocycles. The third-order valence-corrected chi connectivity index (χ3v) is 3.72. The van der Waals surface area contributed by atoms with E-state index in [9.17, 15) is 0 Å². The first kappa shape index (κ1) is 16.0. The molecule has 0 spiro atoms. The zero-order chi connectivity index (χ0) is 14.6. The Labute approximate surface area is 118 Å². The molecule has 3 nitrogen and oxygen atoms in total. The van der Waals surface area contributed by atoms with Crippen LogP contribution in [0.15, 0.2) is 18.3 Å². The molecule has 1 aromatic heterocycles. The van der Waals surface area contributed by atoms with E-state index in [0.717, 1.165) is 12.4 Å². The van der Waals surface area contributed by atoms with Crippen LogP contribution in [0, 0.1) is 5.41 Å². The predicted octanol–water partition coefficient (Wildman–Crippen LogP) is 3.45. The van der Waals surface area contributed by atoms with Crippen molar-refractivity contribution in [1.29, 1.82) is 0 Å². The van der Waals surface area contributed by atoms with Gasteiger partial charge in [0.2, 0.25) is 0 Å². The monoisotopic (exact) mass is 263 g/mol. The highest BCUT2D eigenvalue weighted by molar-refractivity contribution is 5.41. The van der Waals surface area contributed by atoms with Gasteiger partial charge in [-0.25, -0.2) is 4.98 Å². The Balaban J connectivity index is 2.81. The smallest absolute Gasteiger partial charge is 0.128 e. The van der Waals surface area contributed by atoms with Gasteiger partial charge in [-0.05, 0) is 30.0 Å². The molecule has 108 valence electrons. The van der Waals surface area contributed by atoms with Gasteiger partial charge in [0.15, 0.2) is 0 Å². The summed E-state index contributed by atoms with van der Waals surface area (Å²) in [5.74, 6) is 1.05. The van der Waals surface area contributed by atoms with Crippen molar-refractivity contribution in [3.05, 3.63) is 23.9 Å². The Morgan fingerprint density at radius 1 is 1.26 bits per heavy atom. The van der Waals surface area contributed by atoms with Gasteiger partial charge in [-0.1, -0.05) is 34.6 Å². The summed E-state index contributed by atoms with van der Waals surface area (Å²) < 4.78 is 0. The first-order chi connectivity index (χ1) is 8.71. The normalized spacial score (nSPS) is 13.7. The molecular weight excluding hydrogens is 234 g/mol. The van der Waals surface area contributed by atoms with Crippen molar-refractivity contribution in [2.45, 2.75) is 60.2 Å². The number of pyridine rings is 1. The summed E-state index contributed by atoms with van der Waals surface area (Å²) in [4.78, 5) is 6.76. The highest BCUT2D eigenvalue weighted by Gasteiger charge is 2.24. The van der Waals surface area contributed by atoms with E-state index >= 15 is 0 Å². The van der Waals surface area contributed by atoms with Gasteiger partial charge in [-0.15, -0.1) is 0 Å². The van der Waals surface area contributed by atoms with Crippen molar-refractivity contribution >= 4 is 5.82 Å². The lowest BCUT2D eigenvalue weighted by molar-refractivity contribution is 0.328. The maximum Gasteiger partial charge on any atom is 0.128 e. The molecule has 0 fully saturated rings. The maximum atomic E-state index is 4.50. The number of nitrogens with zero attached hydrogens (tertiary/aromatic N) is 2. The van der Waals surface area contributed by atoms with E-state index in [-0.39, 0.29) is 5.41 Å². The van der Waals surface area contributed by atoms with Crippen LogP contribution >= 0.6 is 0 Å². The van der Waals surface area contributed by atoms with E-state index in [1.165, 1.54) is 5.56 Å². The van der Waals surface area contributed by atoms with E-state index in [2.05, 4.69) is 75.9 Å². The number of hydrogen-bond donors (Lipinski definition) is 1. The summed E-state index contributed by atoms with van der Waals surface area (Å²) in [6.07, 6.45) is 1.90. The number of anilines is 1. The molecule has 0 aliphatic heterocycles. The molecule has 3 heteroatoms. The first-order valence-electron chi connectivity index (χ1n) is 7.13. The average molecular weight is 263 g/mol. The van der Waals surface area contributed by atoms with Crippen LogP contribution in [0.5, 0.6) is 0 Å². The minimum Gasteiger partial charge on any atom is -0.356 e. The van der Waals surface area contributed by atoms with Gasteiger partial charge in [-0.3, -0.25) is 0 Å². The minimum absolute atomic E-state index is 0.239. The van der Waals surface area contributed by atoms with E-state index in [1.54, 1.807) is 0 Å². The number of rotatable bonds is 5. The fraction of sp³-hybridized carbons (Fsp3) is 0.688. The van der Waals surface area contributed by atoms with Gasteiger partial charge >= 0.3 is 0 Å². The van der Waals surface area contributed by atoms with Gasteiger partial charge < -0.3 is 10.2 Å². The molecule has 1 N–H and O–H groups in total. The molecule has 1 rings (SSSR count). The molecule has 1 unspecified atom stereocenters. The van der Waals surface area contributed by atoms with Gasteiger partial charge in [-0.2, -0.15) is 0 Å². The molecule has 0 radical (unpaired) electrons. The minimum atomic E-state index is 0.239. The number of aromatic nitrogens is 1. The Morgan fingerprint density at radius 2 is 1.89 bits per heavy atom. The lowest BCUT2D eigenvalue weighted by Gasteiger charge is -2.36. The molecule has 19 heavy (non-hydrogen) atoms. The summed E-state index contributed by atoms with van der Waals surface area (Å²) in [6, 6.07) is 5.20. The van der Waals surface area contributed by atoms with Crippen LogP contribution in [0.1, 0.15) is 47.1 Å². The molecule has 1 heterocycles.